The van der Waals surface area contributed by atoms with E-state index in [0.717, 1.165) is 11.1 Å². The van der Waals surface area contributed by atoms with Crippen LogP contribution in [0.2, 0.25) is 0 Å². The molecule has 1 N–H and O–H groups in total. The van der Waals surface area contributed by atoms with Crippen LogP contribution in [0.4, 0.5) is 0 Å². The normalized spacial score (nSPS) is 9.85. The first-order valence-electron chi connectivity index (χ1n) is 6.16. The molecule has 0 saturated heterocycles. The van der Waals surface area contributed by atoms with Gasteiger partial charge >= 0.3 is 0 Å². The Morgan fingerprint density at radius 3 is 2.75 bits per heavy atom. The van der Waals surface area contributed by atoms with Gasteiger partial charge in [-0.3, -0.25) is 0 Å². The van der Waals surface area contributed by atoms with Gasteiger partial charge in [0.25, 0.3) is 0 Å². The lowest BCUT2D eigenvalue weighted by Crippen LogP contribution is -2.00. The van der Waals surface area contributed by atoms with E-state index in [1.807, 2.05) is 18.2 Å². The van der Waals surface area contributed by atoms with Gasteiger partial charge in [-0.2, -0.15) is 5.26 Å². The SMILES string of the molecule is COc1ccc(C#N)cc1COc1cccc(CO)c1. The number of benzene rings is 2. The fourth-order valence-electron chi connectivity index (χ4n) is 1.86. The van der Waals surface area contributed by atoms with Crippen LogP contribution < -0.4 is 9.47 Å². The van der Waals surface area contributed by atoms with Gasteiger partial charge in [0.05, 0.1) is 25.3 Å². The van der Waals surface area contributed by atoms with Crippen LogP contribution in [0, 0.1) is 11.3 Å². The predicted octanol–water partition coefficient (Wildman–Crippen LogP) is 2.64. The van der Waals surface area contributed by atoms with Crippen molar-refractivity contribution in [2.75, 3.05) is 7.11 Å². The van der Waals surface area contributed by atoms with Crippen molar-refractivity contribution in [3.63, 3.8) is 0 Å². The maximum absolute atomic E-state index is 9.09. The average molecular weight is 269 g/mol. The third kappa shape index (κ3) is 3.28. The van der Waals surface area contributed by atoms with Gasteiger partial charge in [-0.05, 0) is 35.9 Å². The van der Waals surface area contributed by atoms with Crippen LogP contribution in [0.3, 0.4) is 0 Å². The summed E-state index contributed by atoms with van der Waals surface area (Å²) in [5.41, 5.74) is 2.16. The van der Waals surface area contributed by atoms with Crippen molar-refractivity contribution in [1.82, 2.24) is 0 Å². The number of ether oxygens (including phenoxy) is 2. The van der Waals surface area contributed by atoms with E-state index >= 15 is 0 Å². The summed E-state index contributed by atoms with van der Waals surface area (Å²) < 4.78 is 10.9. The van der Waals surface area contributed by atoms with E-state index in [1.54, 1.807) is 31.4 Å². The Bertz CT molecular complexity index is 632. The number of rotatable bonds is 5. The van der Waals surface area contributed by atoms with Crippen molar-refractivity contribution in [3.05, 3.63) is 59.2 Å². The highest BCUT2D eigenvalue weighted by atomic mass is 16.5. The highest BCUT2D eigenvalue weighted by molar-refractivity contribution is 5.42. The summed E-state index contributed by atoms with van der Waals surface area (Å²) in [6.07, 6.45) is 0. The topological polar surface area (TPSA) is 62.5 Å². The van der Waals surface area contributed by atoms with E-state index in [9.17, 15) is 0 Å². The third-order valence-electron chi connectivity index (χ3n) is 2.88. The maximum atomic E-state index is 9.09. The first kappa shape index (κ1) is 13.9. The Labute approximate surface area is 117 Å². The summed E-state index contributed by atoms with van der Waals surface area (Å²) in [7, 11) is 1.58. The molecule has 4 nitrogen and oxygen atoms in total. The van der Waals surface area contributed by atoms with Crippen molar-refractivity contribution in [2.24, 2.45) is 0 Å². The Kier molecular flexibility index (Phi) is 4.59. The number of hydrogen-bond donors (Lipinski definition) is 1. The third-order valence-corrected chi connectivity index (χ3v) is 2.88. The molecule has 0 atom stereocenters. The molecule has 0 bridgehead atoms. The number of methoxy groups -OCH3 is 1. The van der Waals surface area contributed by atoms with Crippen LogP contribution in [0.15, 0.2) is 42.5 Å². The van der Waals surface area contributed by atoms with Gasteiger partial charge < -0.3 is 14.6 Å². The van der Waals surface area contributed by atoms with Gasteiger partial charge in [0.2, 0.25) is 0 Å². The van der Waals surface area contributed by atoms with Gasteiger partial charge in [-0.15, -0.1) is 0 Å². The van der Waals surface area contributed by atoms with Crippen LogP contribution in [0.1, 0.15) is 16.7 Å². The maximum Gasteiger partial charge on any atom is 0.125 e. The zero-order chi connectivity index (χ0) is 14.4. The quantitative estimate of drug-likeness (QED) is 0.906. The molecule has 0 heterocycles. The molecule has 0 aliphatic rings. The molecular formula is C16H15NO3. The standard InChI is InChI=1S/C16H15NO3/c1-19-16-6-5-12(9-17)7-14(16)11-20-15-4-2-3-13(8-15)10-18/h2-8,18H,10-11H2,1H3. The first-order valence-corrected chi connectivity index (χ1v) is 6.16. The van der Waals surface area contributed by atoms with Crippen LogP contribution in [0.5, 0.6) is 11.5 Å². The number of aliphatic hydroxyl groups is 1. The highest BCUT2D eigenvalue weighted by Gasteiger charge is 2.06. The van der Waals surface area contributed by atoms with Crippen LogP contribution in [-0.4, -0.2) is 12.2 Å². The van der Waals surface area contributed by atoms with Crippen molar-refractivity contribution in [3.8, 4) is 17.6 Å². The monoisotopic (exact) mass is 269 g/mol. The number of nitrogens with zero attached hydrogens (tertiary/aromatic N) is 1. The molecule has 0 radical (unpaired) electrons. The van der Waals surface area contributed by atoms with Crippen molar-refractivity contribution in [2.45, 2.75) is 13.2 Å². The molecule has 4 heteroatoms. The molecule has 2 rings (SSSR count). The van der Waals surface area contributed by atoms with Crippen LogP contribution in [0.25, 0.3) is 0 Å². The molecule has 20 heavy (non-hydrogen) atoms. The molecule has 0 amide bonds. The molecule has 102 valence electrons. The average Bonchev–Trinajstić information content (AvgIpc) is 2.52. The first-order chi connectivity index (χ1) is 9.76. The predicted molar refractivity (Wildman–Crippen MR) is 74.4 cm³/mol. The summed E-state index contributed by atoms with van der Waals surface area (Å²) >= 11 is 0. The lowest BCUT2D eigenvalue weighted by Gasteiger charge is -2.11. The Morgan fingerprint density at radius 1 is 1.20 bits per heavy atom. The molecule has 2 aromatic carbocycles. The second-order valence-corrected chi connectivity index (χ2v) is 4.23. The molecule has 0 unspecified atom stereocenters. The summed E-state index contributed by atoms with van der Waals surface area (Å²) in [6.45, 7) is 0.276. The molecule has 0 aromatic heterocycles. The molecule has 0 aliphatic carbocycles. The Balaban J connectivity index is 2.15. The lowest BCUT2D eigenvalue weighted by molar-refractivity contribution is 0.276. The lowest BCUT2D eigenvalue weighted by atomic mass is 10.1. The minimum absolute atomic E-state index is 0.0234. The molecular weight excluding hydrogens is 254 g/mol. The Morgan fingerprint density at radius 2 is 2.05 bits per heavy atom. The van der Waals surface area contributed by atoms with Gasteiger partial charge in [0.1, 0.15) is 18.1 Å². The molecule has 0 spiro atoms. The zero-order valence-electron chi connectivity index (χ0n) is 11.2. The Hall–Kier alpha value is -2.51. The van der Waals surface area contributed by atoms with E-state index < -0.39 is 0 Å². The van der Waals surface area contributed by atoms with E-state index in [-0.39, 0.29) is 6.61 Å². The molecule has 0 aliphatic heterocycles. The second-order valence-electron chi connectivity index (χ2n) is 4.23. The van der Waals surface area contributed by atoms with Crippen molar-refractivity contribution < 1.29 is 14.6 Å². The molecule has 2 aromatic rings. The summed E-state index contributed by atoms with van der Waals surface area (Å²) in [4.78, 5) is 0. The number of nitriles is 1. The van der Waals surface area contributed by atoms with E-state index in [2.05, 4.69) is 6.07 Å². The second kappa shape index (κ2) is 6.60. The summed E-state index contributed by atoms with van der Waals surface area (Å²) in [5, 5.41) is 18.0. The fraction of sp³-hybridized carbons (Fsp3) is 0.188. The minimum Gasteiger partial charge on any atom is -0.496 e. The van der Waals surface area contributed by atoms with Crippen molar-refractivity contribution in [1.29, 1.82) is 5.26 Å². The largest absolute Gasteiger partial charge is 0.496 e. The van der Waals surface area contributed by atoms with Crippen LogP contribution in [-0.2, 0) is 13.2 Å². The van der Waals surface area contributed by atoms with Crippen molar-refractivity contribution >= 4 is 0 Å². The van der Waals surface area contributed by atoms with E-state index in [0.29, 0.717) is 23.7 Å². The smallest absolute Gasteiger partial charge is 0.125 e. The van der Waals surface area contributed by atoms with Gasteiger partial charge in [-0.1, -0.05) is 12.1 Å². The molecule has 0 fully saturated rings. The minimum atomic E-state index is -0.0234. The summed E-state index contributed by atoms with van der Waals surface area (Å²) in [6, 6.07) is 14.5. The molecule has 0 saturated carbocycles. The van der Waals surface area contributed by atoms with E-state index in [4.69, 9.17) is 19.8 Å². The van der Waals surface area contributed by atoms with E-state index in [1.165, 1.54) is 0 Å². The highest BCUT2D eigenvalue weighted by Crippen LogP contribution is 2.22. The number of hydrogen-bond acceptors (Lipinski definition) is 4. The van der Waals surface area contributed by atoms with Crippen LogP contribution >= 0.6 is 0 Å². The van der Waals surface area contributed by atoms with Gasteiger partial charge in [0.15, 0.2) is 0 Å². The van der Waals surface area contributed by atoms with Gasteiger partial charge in [0, 0.05) is 5.56 Å². The van der Waals surface area contributed by atoms with Gasteiger partial charge in [-0.25, -0.2) is 0 Å². The number of aliphatic hydroxyl groups excluding tert-OH is 1. The summed E-state index contributed by atoms with van der Waals surface area (Å²) in [5.74, 6) is 1.35. The fourth-order valence-corrected chi connectivity index (χ4v) is 1.86. The zero-order valence-corrected chi connectivity index (χ0v) is 11.2.